The minimum Gasteiger partial charge on any atom is -0.376 e. The van der Waals surface area contributed by atoms with Gasteiger partial charge in [0.05, 0.1) is 6.10 Å². The van der Waals surface area contributed by atoms with E-state index in [0.29, 0.717) is 6.54 Å². The molecule has 0 radical (unpaired) electrons. The molecule has 0 aliphatic carbocycles. The zero-order valence-electron chi connectivity index (χ0n) is 9.37. The molecule has 1 aliphatic rings. The average molecular weight is 249 g/mol. The zero-order chi connectivity index (χ0) is 12.0. The fourth-order valence-electron chi connectivity index (χ4n) is 1.54. The highest BCUT2D eigenvalue weighted by molar-refractivity contribution is 6.19. The van der Waals surface area contributed by atoms with Gasteiger partial charge in [-0.25, -0.2) is 4.79 Å². The first-order valence-electron chi connectivity index (χ1n) is 5.36. The Kier molecular flexibility index (Phi) is 5.55. The molecule has 1 unspecified atom stereocenters. The standard InChI is InChI=1S/C10H17ClN2O3/c1-13(7-8-3-2-6-16-8)10(15)12-9(14)4-5-11/h8H,2-7H2,1H3,(H,12,14,15). The van der Waals surface area contributed by atoms with E-state index >= 15 is 0 Å². The lowest BCUT2D eigenvalue weighted by Gasteiger charge is -2.20. The van der Waals surface area contributed by atoms with E-state index in [1.165, 1.54) is 4.90 Å². The Morgan fingerprint density at radius 2 is 2.31 bits per heavy atom. The van der Waals surface area contributed by atoms with Crippen molar-refractivity contribution in [2.45, 2.75) is 25.4 Å². The zero-order valence-corrected chi connectivity index (χ0v) is 10.1. The van der Waals surface area contributed by atoms with E-state index in [1.807, 2.05) is 0 Å². The second kappa shape index (κ2) is 6.70. The molecule has 0 aromatic carbocycles. The Bertz CT molecular complexity index is 254. The lowest BCUT2D eigenvalue weighted by atomic mass is 10.2. The number of nitrogens with one attached hydrogen (secondary N) is 1. The molecule has 1 rings (SSSR count). The van der Waals surface area contributed by atoms with Gasteiger partial charge in [-0.1, -0.05) is 0 Å². The largest absolute Gasteiger partial charge is 0.376 e. The number of urea groups is 1. The molecule has 0 saturated carbocycles. The predicted octanol–water partition coefficient (Wildman–Crippen LogP) is 0.962. The van der Waals surface area contributed by atoms with Crippen LogP contribution in [-0.4, -0.2) is 49.0 Å². The number of alkyl halides is 1. The van der Waals surface area contributed by atoms with Crippen molar-refractivity contribution in [3.63, 3.8) is 0 Å². The van der Waals surface area contributed by atoms with Crippen LogP contribution in [-0.2, 0) is 9.53 Å². The van der Waals surface area contributed by atoms with Gasteiger partial charge in [0.15, 0.2) is 0 Å². The lowest BCUT2D eigenvalue weighted by molar-refractivity contribution is -0.119. The van der Waals surface area contributed by atoms with Crippen molar-refractivity contribution < 1.29 is 14.3 Å². The summed E-state index contributed by atoms with van der Waals surface area (Å²) in [6, 6.07) is -0.398. The topological polar surface area (TPSA) is 58.6 Å². The van der Waals surface area contributed by atoms with Gasteiger partial charge in [0, 0.05) is 32.5 Å². The molecule has 3 amide bonds. The second-order valence-electron chi connectivity index (χ2n) is 3.81. The summed E-state index contributed by atoms with van der Waals surface area (Å²) in [4.78, 5) is 24.1. The van der Waals surface area contributed by atoms with Crippen LogP contribution >= 0.6 is 11.6 Å². The van der Waals surface area contributed by atoms with E-state index in [4.69, 9.17) is 16.3 Å². The van der Waals surface area contributed by atoms with Gasteiger partial charge in [-0.2, -0.15) is 0 Å². The molecule has 0 spiro atoms. The molecule has 1 saturated heterocycles. The number of carbonyl (C=O) groups is 2. The van der Waals surface area contributed by atoms with E-state index in [1.54, 1.807) is 7.05 Å². The van der Waals surface area contributed by atoms with Crippen LogP contribution in [0.15, 0.2) is 0 Å². The fraction of sp³-hybridized carbons (Fsp3) is 0.800. The van der Waals surface area contributed by atoms with Gasteiger partial charge >= 0.3 is 6.03 Å². The Morgan fingerprint density at radius 3 is 2.88 bits per heavy atom. The van der Waals surface area contributed by atoms with E-state index in [0.717, 1.165) is 19.4 Å². The molecule has 1 fully saturated rings. The molecular weight excluding hydrogens is 232 g/mol. The van der Waals surface area contributed by atoms with Crippen LogP contribution in [0.1, 0.15) is 19.3 Å². The van der Waals surface area contributed by atoms with E-state index < -0.39 is 6.03 Å². The Balaban J connectivity index is 2.26. The average Bonchev–Trinajstić information content (AvgIpc) is 2.70. The minimum absolute atomic E-state index is 0.0962. The van der Waals surface area contributed by atoms with Crippen LogP contribution < -0.4 is 5.32 Å². The summed E-state index contributed by atoms with van der Waals surface area (Å²) in [5, 5.41) is 2.26. The first-order chi connectivity index (χ1) is 7.63. The van der Waals surface area contributed by atoms with E-state index in [-0.39, 0.29) is 24.3 Å². The number of rotatable bonds is 4. The normalized spacial score (nSPS) is 19.5. The smallest absolute Gasteiger partial charge is 0.323 e. The molecule has 6 heteroatoms. The molecule has 1 N–H and O–H groups in total. The first kappa shape index (κ1) is 13.3. The molecule has 5 nitrogen and oxygen atoms in total. The van der Waals surface area contributed by atoms with E-state index in [9.17, 15) is 9.59 Å². The third-order valence-electron chi connectivity index (χ3n) is 2.42. The number of ether oxygens (including phenoxy) is 1. The number of carbonyl (C=O) groups excluding carboxylic acids is 2. The van der Waals surface area contributed by atoms with Crippen LogP contribution in [0.25, 0.3) is 0 Å². The predicted molar refractivity (Wildman–Crippen MR) is 60.5 cm³/mol. The summed E-state index contributed by atoms with van der Waals surface area (Å²) in [6.45, 7) is 1.27. The van der Waals surface area contributed by atoms with Gasteiger partial charge in [-0.15, -0.1) is 11.6 Å². The Labute approximate surface area is 100 Å². The summed E-state index contributed by atoms with van der Waals surface area (Å²) in [5.74, 6) is -0.131. The van der Waals surface area contributed by atoms with Gasteiger partial charge in [0.1, 0.15) is 0 Å². The number of hydrogen-bond donors (Lipinski definition) is 1. The van der Waals surface area contributed by atoms with Gasteiger partial charge in [0.25, 0.3) is 0 Å². The fourth-order valence-corrected chi connectivity index (χ4v) is 1.71. The van der Waals surface area contributed by atoms with E-state index in [2.05, 4.69) is 5.32 Å². The lowest BCUT2D eigenvalue weighted by Crippen LogP contribution is -2.43. The summed E-state index contributed by atoms with van der Waals surface area (Å²) in [7, 11) is 1.64. The van der Waals surface area contributed by atoms with Gasteiger partial charge in [-0.05, 0) is 12.8 Å². The van der Waals surface area contributed by atoms with Gasteiger partial charge in [0.2, 0.25) is 5.91 Å². The second-order valence-corrected chi connectivity index (χ2v) is 4.19. The molecule has 0 bridgehead atoms. The van der Waals surface area contributed by atoms with Crippen molar-refractivity contribution >= 4 is 23.5 Å². The van der Waals surface area contributed by atoms with Crippen LogP contribution in [0.3, 0.4) is 0 Å². The molecule has 1 heterocycles. The number of hydrogen-bond acceptors (Lipinski definition) is 3. The van der Waals surface area contributed by atoms with Crippen molar-refractivity contribution in [1.29, 1.82) is 0 Å². The van der Waals surface area contributed by atoms with Crippen molar-refractivity contribution in [3.8, 4) is 0 Å². The highest BCUT2D eigenvalue weighted by Crippen LogP contribution is 2.12. The van der Waals surface area contributed by atoms with Crippen LogP contribution in [0.2, 0.25) is 0 Å². The SMILES string of the molecule is CN(CC1CCCO1)C(=O)NC(=O)CCCl. The summed E-state index contributed by atoms with van der Waals surface area (Å²) >= 11 is 5.39. The third-order valence-corrected chi connectivity index (χ3v) is 2.61. The van der Waals surface area contributed by atoms with Crippen LogP contribution in [0.4, 0.5) is 4.79 Å². The number of amides is 3. The molecule has 92 valence electrons. The summed E-state index contributed by atoms with van der Waals surface area (Å²) in [5.41, 5.74) is 0. The number of imide groups is 1. The third kappa shape index (κ3) is 4.37. The van der Waals surface area contributed by atoms with Gasteiger partial charge in [-0.3, -0.25) is 10.1 Å². The number of nitrogens with zero attached hydrogens (tertiary/aromatic N) is 1. The highest BCUT2D eigenvalue weighted by atomic mass is 35.5. The molecule has 16 heavy (non-hydrogen) atoms. The molecule has 0 aromatic rings. The maximum absolute atomic E-state index is 11.5. The van der Waals surface area contributed by atoms with Crippen molar-refractivity contribution in [2.75, 3.05) is 26.1 Å². The number of halogens is 1. The van der Waals surface area contributed by atoms with Gasteiger partial charge < -0.3 is 9.64 Å². The molecule has 0 aromatic heterocycles. The van der Waals surface area contributed by atoms with Crippen molar-refractivity contribution in [1.82, 2.24) is 10.2 Å². The maximum Gasteiger partial charge on any atom is 0.323 e. The van der Waals surface area contributed by atoms with Crippen molar-refractivity contribution in [3.05, 3.63) is 0 Å². The maximum atomic E-state index is 11.5. The molecule has 1 atom stereocenters. The highest BCUT2D eigenvalue weighted by Gasteiger charge is 2.20. The molecular formula is C10H17ClN2O3. The Hall–Kier alpha value is -0.810. The first-order valence-corrected chi connectivity index (χ1v) is 5.89. The van der Waals surface area contributed by atoms with Crippen LogP contribution in [0, 0.1) is 0 Å². The minimum atomic E-state index is -0.398. The Morgan fingerprint density at radius 1 is 1.56 bits per heavy atom. The molecule has 1 aliphatic heterocycles. The monoisotopic (exact) mass is 248 g/mol. The van der Waals surface area contributed by atoms with Crippen LogP contribution in [0.5, 0.6) is 0 Å². The number of likely N-dealkylation sites (N-methyl/N-ethyl adjacent to an activating group) is 1. The quantitative estimate of drug-likeness (QED) is 0.754. The summed E-state index contributed by atoms with van der Waals surface area (Å²) in [6.07, 6.45) is 2.25. The van der Waals surface area contributed by atoms with Crippen molar-refractivity contribution in [2.24, 2.45) is 0 Å². The summed E-state index contributed by atoms with van der Waals surface area (Å²) < 4.78 is 5.40.